The van der Waals surface area contributed by atoms with E-state index >= 15 is 0 Å². The molecule has 8 heteroatoms. The molecule has 0 saturated heterocycles. The number of nitrogens with zero attached hydrogens (tertiary/aromatic N) is 1. The van der Waals surface area contributed by atoms with Gasteiger partial charge in [-0.05, 0) is 56.5 Å². The highest BCUT2D eigenvalue weighted by Crippen LogP contribution is 2.56. The van der Waals surface area contributed by atoms with Gasteiger partial charge in [0, 0.05) is 33.4 Å². The fourth-order valence-corrected chi connectivity index (χ4v) is 5.73. The average Bonchev–Trinajstić information content (AvgIpc) is 3.07. The number of para-hydroxylation sites is 1. The highest BCUT2D eigenvalue weighted by molar-refractivity contribution is 9.10. The number of aryl methyl sites for hydroxylation is 1. The van der Waals surface area contributed by atoms with Crippen molar-refractivity contribution < 1.29 is 19.1 Å². The van der Waals surface area contributed by atoms with Gasteiger partial charge in [0.1, 0.15) is 16.8 Å². The Balaban J connectivity index is 1.92. The van der Waals surface area contributed by atoms with Crippen molar-refractivity contribution in [1.82, 2.24) is 0 Å². The van der Waals surface area contributed by atoms with E-state index in [0.29, 0.717) is 35.4 Å². The molecule has 3 N–H and O–H groups in total. The minimum Gasteiger partial charge on any atom is -0.462 e. The van der Waals surface area contributed by atoms with Gasteiger partial charge in [0.2, 0.25) is 5.91 Å². The number of benzene rings is 2. The number of ether oxygens (including phenoxy) is 1. The number of allylic oxidation sites excluding steroid dienone is 1. The number of nitrogens with two attached hydrogens (primary N) is 1. The predicted octanol–water partition coefficient (Wildman–Crippen LogP) is 4.21. The molecule has 174 valence electrons. The second-order valence-electron chi connectivity index (χ2n) is 8.60. The number of rotatable bonds is 3. The molecule has 34 heavy (non-hydrogen) atoms. The number of carbonyl (C=O) groups is 3. The molecule has 7 nitrogen and oxygen atoms in total. The summed E-state index contributed by atoms with van der Waals surface area (Å²) in [5, 5.41) is 2.89. The molecular formula is C26H24BrN3O4. The summed E-state index contributed by atoms with van der Waals surface area (Å²) < 4.78 is 6.15. The van der Waals surface area contributed by atoms with Crippen molar-refractivity contribution >= 4 is 45.0 Å². The van der Waals surface area contributed by atoms with Gasteiger partial charge in [-0.3, -0.25) is 14.5 Å². The van der Waals surface area contributed by atoms with Crippen molar-refractivity contribution in [3.63, 3.8) is 0 Å². The standard InChI is InChI=1S/C26H24BrN3O4/c1-3-34-24(32)22-23(28)30(18-8-5-4-7-14(18)2)19-9-6-10-20(31)21(19)26(22)16-13-15(27)11-12-17(16)29-25(26)33/h4-5,7-8,11-13H,3,6,9-10,28H2,1-2H3,(H,29,33). The summed E-state index contributed by atoms with van der Waals surface area (Å²) in [5.41, 5.74) is 8.77. The number of nitrogens with one attached hydrogen (secondary N) is 1. The number of ketones is 1. The molecule has 0 fully saturated rings. The molecule has 2 heterocycles. The van der Waals surface area contributed by atoms with Crippen LogP contribution in [-0.4, -0.2) is 24.3 Å². The van der Waals surface area contributed by atoms with Gasteiger partial charge in [0.25, 0.3) is 0 Å². The van der Waals surface area contributed by atoms with Crippen LogP contribution < -0.4 is 16.0 Å². The molecule has 2 aromatic carbocycles. The third-order valence-corrected chi connectivity index (χ3v) is 7.21. The van der Waals surface area contributed by atoms with Crippen LogP contribution in [0.4, 0.5) is 11.4 Å². The van der Waals surface area contributed by atoms with Gasteiger partial charge in [0.05, 0.1) is 12.3 Å². The normalized spacial score (nSPS) is 21.6. The molecule has 1 unspecified atom stereocenters. The smallest absolute Gasteiger partial charge is 0.339 e. The molecule has 1 spiro atoms. The number of hydrogen-bond acceptors (Lipinski definition) is 6. The van der Waals surface area contributed by atoms with Crippen LogP contribution >= 0.6 is 15.9 Å². The number of esters is 1. The lowest BCUT2D eigenvalue weighted by Crippen LogP contribution is -2.53. The van der Waals surface area contributed by atoms with Crippen LogP contribution in [0.1, 0.15) is 37.3 Å². The van der Waals surface area contributed by atoms with E-state index in [2.05, 4.69) is 21.2 Å². The van der Waals surface area contributed by atoms with Crippen LogP contribution in [0.15, 0.2) is 69.6 Å². The van der Waals surface area contributed by atoms with Crippen molar-refractivity contribution in [3.05, 3.63) is 80.7 Å². The van der Waals surface area contributed by atoms with Gasteiger partial charge in [-0.1, -0.05) is 34.1 Å². The second-order valence-corrected chi connectivity index (χ2v) is 9.51. The number of hydrogen-bond donors (Lipinski definition) is 2. The lowest BCUT2D eigenvalue weighted by molar-refractivity contribution is -0.140. The van der Waals surface area contributed by atoms with Gasteiger partial charge < -0.3 is 15.8 Å². The molecule has 0 saturated carbocycles. The lowest BCUT2D eigenvalue weighted by atomic mass is 9.63. The Morgan fingerprint density at radius 2 is 1.97 bits per heavy atom. The van der Waals surface area contributed by atoms with Crippen molar-refractivity contribution in [2.24, 2.45) is 5.73 Å². The Kier molecular flexibility index (Phi) is 5.36. The van der Waals surface area contributed by atoms with Crippen LogP contribution in [-0.2, 0) is 24.5 Å². The molecular weight excluding hydrogens is 498 g/mol. The minimum atomic E-state index is -1.68. The van der Waals surface area contributed by atoms with Crippen LogP contribution in [0.25, 0.3) is 0 Å². The number of amides is 1. The molecule has 3 aliphatic rings. The number of Topliss-reactive ketones (excluding diaryl/α,β-unsaturated/α-hetero) is 1. The van der Waals surface area contributed by atoms with Crippen molar-refractivity contribution in [2.75, 3.05) is 16.8 Å². The topological polar surface area (TPSA) is 102 Å². The Morgan fingerprint density at radius 1 is 1.21 bits per heavy atom. The monoisotopic (exact) mass is 521 g/mol. The van der Waals surface area contributed by atoms with Crippen molar-refractivity contribution in [2.45, 2.75) is 38.5 Å². The number of carbonyl (C=O) groups excluding carboxylic acids is 3. The van der Waals surface area contributed by atoms with E-state index in [9.17, 15) is 14.4 Å². The zero-order chi connectivity index (χ0) is 24.2. The zero-order valence-electron chi connectivity index (χ0n) is 18.9. The zero-order valence-corrected chi connectivity index (χ0v) is 20.5. The molecule has 2 aliphatic heterocycles. The highest BCUT2D eigenvalue weighted by Gasteiger charge is 2.62. The summed E-state index contributed by atoms with van der Waals surface area (Å²) in [6.07, 6.45) is 1.46. The first-order chi connectivity index (χ1) is 16.3. The predicted molar refractivity (Wildman–Crippen MR) is 132 cm³/mol. The number of halogens is 1. The van der Waals surface area contributed by atoms with Crippen LogP contribution in [0.2, 0.25) is 0 Å². The average molecular weight is 522 g/mol. The summed E-state index contributed by atoms with van der Waals surface area (Å²) in [5.74, 6) is -1.26. The molecule has 1 amide bonds. The van der Waals surface area contributed by atoms with E-state index in [1.54, 1.807) is 30.0 Å². The molecule has 1 atom stereocenters. The summed E-state index contributed by atoms with van der Waals surface area (Å²) in [6.45, 7) is 3.73. The molecule has 0 bridgehead atoms. The van der Waals surface area contributed by atoms with E-state index in [0.717, 1.165) is 15.7 Å². The third-order valence-electron chi connectivity index (χ3n) is 6.71. The van der Waals surface area contributed by atoms with Crippen LogP contribution in [0.5, 0.6) is 0 Å². The Morgan fingerprint density at radius 3 is 2.71 bits per heavy atom. The summed E-state index contributed by atoms with van der Waals surface area (Å²) >= 11 is 3.48. The first kappa shape index (κ1) is 22.4. The third kappa shape index (κ3) is 2.98. The molecule has 0 aromatic heterocycles. The summed E-state index contributed by atoms with van der Waals surface area (Å²) in [4.78, 5) is 42.8. The van der Waals surface area contributed by atoms with Gasteiger partial charge in [-0.25, -0.2) is 4.79 Å². The molecule has 0 radical (unpaired) electrons. The number of anilines is 2. The maximum atomic E-state index is 13.9. The lowest BCUT2D eigenvalue weighted by Gasteiger charge is -2.44. The van der Waals surface area contributed by atoms with Gasteiger partial charge >= 0.3 is 5.97 Å². The van der Waals surface area contributed by atoms with Gasteiger partial charge in [-0.2, -0.15) is 0 Å². The minimum absolute atomic E-state index is 0.0269. The Labute approximate surface area is 205 Å². The first-order valence-corrected chi connectivity index (χ1v) is 12.0. The van der Waals surface area contributed by atoms with Gasteiger partial charge in [-0.15, -0.1) is 0 Å². The fourth-order valence-electron chi connectivity index (χ4n) is 5.37. The van der Waals surface area contributed by atoms with E-state index in [1.165, 1.54) is 0 Å². The first-order valence-electron chi connectivity index (χ1n) is 11.2. The maximum absolute atomic E-state index is 13.9. The molecule has 5 rings (SSSR count). The maximum Gasteiger partial charge on any atom is 0.339 e. The quantitative estimate of drug-likeness (QED) is 0.586. The summed E-state index contributed by atoms with van der Waals surface area (Å²) in [6, 6.07) is 13.0. The van der Waals surface area contributed by atoms with Gasteiger partial charge in [0.15, 0.2) is 5.78 Å². The fraction of sp³-hybridized carbons (Fsp3) is 0.269. The molecule has 1 aliphatic carbocycles. The van der Waals surface area contributed by atoms with Crippen molar-refractivity contribution in [1.29, 1.82) is 0 Å². The van der Waals surface area contributed by atoms with E-state index in [4.69, 9.17) is 10.5 Å². The Hall–Kier alpha value is -3.39. The van der Waals surface area contributed by atoms with Crippen LogP contribution in [0.3, 0.4) is 0 Å². The van der Waals surface area contributed by atoms with E-state index in [1.807, 2.05) is 31.2 Å². The molecule has 2 aromatic rings. The van der Waals surface area contributed by atoms with E-state index in [-0.39, 0.29) is 30.2 Å². The van der Waals surface area contributed by atoms with Crippen molar-refractivity contribution in [3.8, 4) is 0 Å². The summed E-state index contributed by atoms with van der Waals surface area (Å²) in [7, 11) is 0. The van der Waals surface area contributed by atoms with E-state index < -0.39 is 17.3 Å². The highest BCUT2D eigenvalue weighted by atomic mass is 79.9. The number of fused-ring (bicyclic) bond motifs is 3. The Bertz CT molecular complexity index is 1330. The second kappa shape index (κ2) is 8.13. The SMILES string of the molecule is CCOC(=O)C1=C(N)N(c2ccccc2C)C2=C(C(=O)CCC2)C12C(=O)Nc1ccc(Br)cc12. The van der Waals surface area contributed by atoms with Crippen LogP contribution in [0, 0.1) is 6.92 Å². The largest absolute Gasteiger partial charge is 0.462 e.